The number of aryl methyl sites for hydroxylation is 3. The molecule has 0 fully saturated rings. The molecule has 2 rings (SSSR count). The monoisotopic (exact) mass is 355 g/mol. The predicted octanol–water partition coefficient (Wildman–Crippen LogP) is 3.35. The van der Waals surface area contributed by atoms with Crippen LogP contribution >= 0.6 is 27.3 Å². The highest BCUT2D eigenvalue weighted by Crippen LogP contribution is 2.23. The fourth-order valence-electron chi connectivity index (χ4n) is 2.09. The highest BCUT2D eigenvalue weighted by molar-refractivity contribution is 9.10. The van der Waals surface area contributed by atoms with Crippen LogP contribution in [0.3, 0.4) is 0 Å². The number of carbonyl (C=O) groups excluding carboxylic acids is 1. The Bertz CT molecular complexity index is 618. The third-order valence-electron chi connectivity index (χ3n) is 3.07. The Morgan fingerprint density at radius 1 is 1.40 bits per heavy atom. The van der Waals surface area contributed by atoms with Crippen LogP contribution in [0.4, 0.5) is 0 Å². The van der Waals surface area contributed by atoms with Gasteiger partial charge in [-0.2, -0.15) is 5.10 Å². The molecule has 2 aromatic heterocycles. The molecular weight excluding hydrogens is 338 g/mol. The summed E-state index contributed by atoms with van der Waals surface area (Å²) in [6.07, 6.45) is 1.67. The van der Waals surface area contributed by atoms with Crippen molar-refractivity contribution < 1.29 is 4.79 Å². The molecule has 0 radical (unpaired) electrons. The van der Waals surface area contributed by atoms with E-state index in [9.17, 15) is 4.79 Å². The Kier molecular flexibility index (Phi) is 5.10. The number of halogens is 1. The highest BCUT2D eigenvalue weighted by atomic mass is 79.9. The lowest BCUT2D eigenvalue weighted by molar-refractivity contribution is -0.117. The summed E-state index contributed by atoms with van der Waals surface area (Å²) in [5.74, 6) is 0.178. The van der Waals surface area contributed by atoms with E-state index in [1.54, 1.807) is 11.3 Å². The Morgan fingerprint density at radius 2 is 2.15 bits per heavy atom. The summed E-state index contributed by atoms with van der Waals surface area (Å²) < 4.78 is 2.89. The van der Waals surface area contributed by atoms with Crippen LogP contribution in [0.2, 0.25) is 0 Å². The standard InChI is InChI=1S/C14H18BrN3OS/c1-4-11-14(15)12(18(5-2)17-11)6-10(19)7-13-16-9(3)8-20-13/h8H,4-7H2,1-3H3. The van der Waals surface area contributed by atoms with E-state index in [1.807, 2.05) is 23.9 Å². The summed E-state index contributed by atoms with van der Waals surface area (Å²) in [5, 5.41) is 7.38. The molecule has 108 valence electrons. The zero-order valence-electron chi connectivity index (χ0n) is 11.9. The average Bonchev–Trinajstić information content (AvgIpc) is 2.95. The van der Waals surface area contributed by atoms with Crippen LogP contribution in [0.15, 0.2) is 9.85 Å². The molecule has 20 heavy (non-hydrogen) atoms. The molecule has 6 heteroatoms. The number of nitrogens with zero attached hydrogens (tertiary/aromatic N) is 3. The lowest BCUT2D eigenvalue weighted by Gasteiger charge is -2.04. The van der Waals surface area contributed by atoms with Gasteiger partial charge in [0, 0.05) is 24.0 Å². The van der Waals surface area contributed by atoms with Crippen molar-refractivity contribution in [2.24, 2.45) is 0 Å². The van der Waals surface area contributed by atoms with Gasteiger partial charge in [0.25, 0.3) is 0 Å². The number of aromatic nitrogens is 3. The van der Waals surface area contributed by atoms with Crippen LogP contribution in [0, 0.1) is 6.92 Å². The minimum Gasteiger partial charge on any atom is -0.299 e. The van der Waals surface area contributed by atoms with E-state index >= 15 is 0 Å². The summed E-state index contributed by atoms with van der Waals surface area (Å²) in [7, 11) is 0. The lowest BCUT2D eigenvalue weighted by Crippen LogP contribution is -2.11. The molecule has 0 unspecified atom stereocenters. The van der Waals surface area contributed by atoms with E-state index < -0.39 is 0 Å². The molecule has 0 atom stereocenters. The van der Waals surface area contributed by atoms with Gasteiger partial charge >= 0.3 is 0 Å². The molecule has 0 spiro atoms. The van der Waals surface area contributed by atoms with Crippen molar-refractivity contribution in [3.05, 3.63) is 31.9 Å². The summed E-state index contributed by atoms with van der Waals surface area (Å²) in [6.45, 7) is 6.83. The van der Waals surface area contributed by atoms with Gasteiger partial charge in [-0.25, -0.2) is 4.98 Å². The van der Waals surface area contributed by atoms with Gasteiger partial charge in [-0.3, -0.25) is 9.48 Å². The van der Waals surface area contributed by atoms with Gasteiger partial charge in [0.15, 0.2) is 0 Å². The molecule has 0 N–H and O–H groups in total. The summed E-state index contributed by atoms with van der Waals surface area (Å²) in [6, 6.07) is 0. The first-order chi connectivity index (χ1) is 9.55. The third kappa shape index (κ3) is 3.35. The number of thiazole rings is 1. The maximum atomic E-state index is 12.2. The van der Waals surface area contributed by atoms with Crippen LogP contribution in [0.1, 0.15) is 35.9 Å². The second-order valence-corrected chi connectivity index (χ2v) is 6.39. The smallest absolute Gasteiger partial charge is 0.145 e. The van der Waals surface area contributed by atoms with Gasteiger partial charge in [-0.05, 0) is 36.2 Å². The lowest BCUT2D eigenvalue weighted by atomic mass is 10.1. The van der Waals surface area contributed by atoms with Gasteiger partial charge in [-0.15, -0.1) is 11.3 Å². The first-order valence-electron chi connectivity index (χ1n) is 6.71. The fraction of sp³-hybridized carbons (Fsp3) is 0.500. The van der Waals surface area contributed by atoms with Crippen LogP contribution in [-0.4, -0.2) is 20.5 Å². The molecule has 0 saturated heterocycles. The van der Waals surface area contributed by atoms with E-state index in [0.29, 0.717) is 12.8 Å². The largest absolute Gasteiger partial charge is 0.299 e. The topological polar surface area (TPSA) is 47.8 Å². The molecule has 4 nitrogen and oxygen atoms in total. The Hall–Kier alpha value is -1.01. The van der Waals surface area contributed by atoms with Gasteiger partial charge in [0.05, 0.1) is 22.3 Å². The molecule has 0 aliphatic rings. The number of hydrogen-bond acceptors (Lipinski definition) is 4. The number of Topliss-reactive ketones (excluding diaryl/α,β-unsaturated/α-hetero) is 1. The van der Waals surface area contributed by atoms with Crippen molar-refractivity contribution in [3.63, 3.8) is 0 Å². The normalized spacial score (nSPS) is 11.0. The highest BCUT2D eigenvalue weighted by Gasteiger charge is 2.17. The number of ketones is 1. The molecule has 2 heterocycles. The molecule has 0 aliphatic carbocycles. The first kappa shape index (κ1) is 15.4. The average molecular weight is 356 g/mol. The molecular formula is C14H18BrN3OS. The Morgan fingerprint density at radius 3 is 2.70 bits per heavy atom. The SMILES string of the molecule is CCc1nn(CC)c(CC(=O)Cc2nc(C)cs2)c1Br. The van der Waals surface area contributed by atoms with Crippen molar-refractivity contribution in [1.29, 1.82) is 0 Å². The van der Waals surface area contributed by atoms with Crippen molar-refractivity contribution >= 4 is 33.0 Å². The van der Waals surface area contributed by atoms with E-state index in [-0.39, 0.29) is 5.78 Å². The summed E-state index contributed by atoms with van der Waals surface area (Å²) >= 11 is 5.12. The fourth-order valence-corrected chi connectivity index (χ4v) is 3.59. The number of rotatable bonds is 6. The van der Waals surface area contributed by atoms with Crippen molar-refractivity contribution in [2.45, 2.75) is 46.6 Å². The Balaban J connectivity index is 2.13. The van der Waals surface area contributed by atoms with Gasteiger partial charge < -0.3 is 0 Å². The zero-order chi connectivity index (χ0) is 14.7. The molecule has 0 aromatic carbocycles. The minimum absolute atomic E-state index is 0.178. The van der Waals surface area contributed by atoms with Crippen LogP contribution < -0.4 is 0 Å². The van der Waals surface area contributed by atoms with Crippen LogP contribution in [-0.2, 0) is 30.6 Å². The van der Waals surface area contributed by atoms with Crippen molar-refractivity contribution in [1.82, 2.24) is 14.8 Å². The molecule has 0 bridgehead atoms. The van der Waals surface area contributed by atoms with Gasteiger partial charge in [-0.1, -0.05) is 6.92 Å². The maximum absolute atomic E-state index is 12.2. The minimum atomic E-state index is 0.178. The number of carbonyl (C=O) groups is 1. The van der Waals surface area contributed by atoms with E-state index in [0.717, 1.165) is 39.5 Å². The molecule has 0 amide bonds. The van der Waals surface area contributed by atoms with Crippen molar-refractivity contribution in [3.8, 4) is 0 Å². The Labute approximate surface area is 131 Å². The second kappa shape index (κ2) is 6.63. The van der Waals surface area contributed by atoms with Crippen LogP contribution in [0.25, 0.3) is 0 Å². The summed E-state index contributed by atoms with van der Waals surface area (Å²) in [5.41, 5.74) is 2.97. The third-order valence-corrected chi connectivity index (χ3v) is 4.96. The van der Waals surface area contributed by atoms with Crippen LogP contribution in [0.5, 0.6) is 0 Å². The van der Waals surface area contributed by atoms with E-state index in [4.69, 9.17) is 0 Å². The van der Waals surface area contributed by atoms with Crippen molar-refractivity contribution in [2.75, 3.05) is 0 Å². The second-order valence-electron chi connectivity index (χ2n) is 4.65. The first-order valence-corrected chi connectivity index (χ1v) is 8.39. The van der Waals surface area contributed by atoms with Gasteiger partial charge in [0.1, 0.15) is 10.8 Å². The summed E-state index contributed by atoms with van der Waals surface area (Å²) in [4.78, 5) is 16.6. The zero-order valence-corrected chi connectivity index (χ0v) is 14.3. The molecule has 0 saturated carbocycles. The quantitative estimate of drug-likeness (QED) is 0.798. The predicted molar refractivity (Wildman–Crippen MR) is 84.2 cm³/mol. The van der Waals surface area contributed by atoms with Gasteiger partial charge in [0.2, 0.25) is 0 Å². The maximum Gasteiger partial charge on any atom is 0.145 e. The molecule has 0 aliphatic heterocycles. The van der Waals surface area contributed by atoms with E-state index in [1.165, 1.54) is 0 Å². The van der Waals surface area contributed by atoms with E-state index in [2.05, 4.69) is 32.9 Å². The molecule has 2 aromatic rings. The number of hydrogen-bond donors (Lipinski definition) is 0.